The lowest BCUT2D eigenvalue weighted by atomic mass is 10.1. The van der Waals surface area contributed by atoms with Crippen molar-refractivity contribution in [2.24, 2.45) is 5.92 Å². The predicted octanol–water partition coefficient (Wildman–Crippen LogP) is 4.86. The fourth-order valence-corrected chi connectivity index (χ4v) is 2.79. The number of ether oxygens (including phenoxy) is 2. The second-order valence-corrected chi connectivity index (χ2v) is 7.24. The molecule has 0 aliphatic heterocycles. The lowest BCUT2D eigenvalue weighted by Crippen LogP contribution is -2.29. The molecule has 0 saturated heterocycles. The molecule has 0 aromatic heterocycles. The first-order valence-electron chi connectivity index (χ1n) is 9.65. The summed E-state index contributed by atoms with van der Waals surface area (Å²) in [4.78, 5) is 25.1. The van der Waals surface area contributed by atoms with Crippen LogP contribution in [0.1, 0.15) is 49.7 Å². The summed E-state index contributed by atoms with van der Waals surface area (Å²) in [6, 6.07) is 11.1. The molecule has 0 radical (unpaired) electrons. The normalized spacial score (nSPS) is 11.8. The Morgan fingerprint density at radius 1 is 1.10 bits per heavy atom. The van der Waals surface area contributed by atoms with Gasteiger partial charge in [-0.05, 0) is 43.5 Å². The van der Waals surface area contributed by atoms with Crippen molar-refractivity contribution in [3.8, 4) is 11.5 Å². The van der Waals surface area contributed by atoms with Crippen LogP contribution >= 0.6 is 0 Å². The number of carbonyl (C=O) groups excluding carboxylic acids is 1. The third-order valence-electron chi connectivity index (χ3n) is 4.53. The molecule has 2 aromatic rings. The highest BCUT2D eigenvalue weighted by atomic mass is 16.6. The summed E-state index contributed by atoms with van der Waals surface area (Å²) in [6.07, 6.45) is 0. The smallest absolute Gasteiger partial charge is 0.269 e. The zero-order chi connectivity index (χ0) is 21.6. The van der Waals surface area contributed by atoms with Crippen LogP contribution in [0.15, 0.2) is 42.5 Å². The molecule has 2 rings (SSSR count). The Morgan fingerprint density at radius 3 is 2.45 bits per heavy atom. The average molecular weight is 400 g/mol. The monoisotopic (exact) mass is 400 g/mol. The summed E-state index contributed by atoms with van der Waals surface area (Å²) in [5.41, 5.74) is 1.16. The van der Waals surface area contributed by atoms with Crippen molar-refractivity contribution in [3.63, 3.8) is 0 Å². The van der Waals surface area contributed by atoms with Crippen molar-refractivity contribution >= 4 is 11.6 Å². The topological polar surface area (TPSA) is 81.9 Å². The zero-order valence-corrected chi connectivity index (χ0v) is 17.5. The van der Waals surface area contributed by atoms with Gasteiger partial charge in [0.25, 0.3) is 11.6 Å². The van der Waals surface area contributed by atoms with E-state index in [2.05, 4.69) is 13.8 Å². The van der Waals surface area contributed by atoms with Crippen LogP contribution in [0.4, 0.5) is 5.69 Å². The summed E-state index contributed by atoms with van der Waals surface area (Å²) in [7, 11) is 1.68. The van der Waals surface area contributed by atoms with Crippen molar-refractivity contribution in [2.75, 3.05) is 20.3 Å². The highest BCUT2D eigenvalue weighted by Gasteiger charge is 2.22. The molecular weight excluding hydrogens is 372 g/mol. The van der Waals surface area contributed by atoms with Gasteiger partial charge in [-0.25, -0.2) is 0 Å². The van der Waals surface area contributed by atoms with Gasteiger partial charge in [0.05, 0.1) is 24.2 Å². The number of benzene rings is 2. The number of nitro benzene ring substituents is 1. The minimum Gasteiger partial charge on any atom is -0.490 e. The van der Waals surface area contributed by atoms with Gasteiger partial charge in [-0.2, -0.15) is 0 Å². The maximum absolute atomic E-state index is 13.0. The quantitative estimate of drug-likeness (QED) is 0.443. The molecule has 29 heavy (non-hydrogen) atoms. The molecule has 0 saturated carbocycles. The van der Waals surface area contributed by atoms with E-state index in [1.807, 2.05) is 13.8 Å². The number of carbonyl (C=O) groups is 1. The van der Waals surface area contributed by atoms with Crippen molar-refractivity contribution in [2.45, 2.75) is 33.7 Å². The van der Waals surface area contributed by atoms with E-state index in [4.69, 9.17) is 9.47 Å². The number of nitrogens with zero attached hydrogens (tertiary/aromatic N) is 2. The number of amides is 1. The van der Waals surface area contributed by atoms with Crippen molar-refractivity contribution in [1.82, 2.24) is 4.90 Å². The fourth-order valence-electron chi connectivity index (χ4n) is 2.79. The third-order valence-corrected chi connectivity index (χ3v) is 4.53. The van der Waals surface area contributed by atoms with Crippen LogP contribution in [0.25, 0.3) is 0 Å². The van der Waals surface area contributed by atoms with Crippen LogP contribution in [0.5, 0.6) is 11.5 Å². The summed E-state index contributed by atoms with van der Waals surface area (Å²) in [5, 5.41) is 11.0. The van der Waals surface area contributed by atoms with E-state index in [1.54, 1.807) is 42.3 Å². The Bertz CT molecular complexity index is 866. The standard InChI is InChI=1S/C22H28N2O5/c1-6-28-21-13-18(10-11-20(21)29-14-15(2)3)22(25)23(5)16(4)17-8-7-9-19(12-17)24(26)27/h7-13,15-16H,6,14H2,1-5H3/t16-/m1/s1. The molecule has 0 aliphatic carbocycles. The van der Waals surface area contributed by atoms with Crippen LogP contribution in [-0.2, 0) is 0 Å². The molecule has 7 heteroatoms. The van der Waals surface area contributed by atoms with Gasteiger partial charge < -0.3 is 14.4 Å². The molecule has 2 aromatic carbocycles. The maximum atomic E-state index is 13.0. The van der Waals surface area contributed by atoms with Gasteiger partial charge in [-0.3, -0.25) is 14.9 Å². The van der Waals surface area contributed by atoms with Crippen LogP contribution in [0, 0.1) is 16.0 Å². The molecule has 0 spiro atoms. The van der Waals surface area contributed by atoms with Gasteiger partial charge in [0.15, 0.2) is 11.5 Å². The first kappa shape index (κ1) is 22.2. The summed E-state index contributed by atoms with van der Waals surface area (Å²) in [5.74, 6) is 1.29. The van der Waals surface area contributed by atoms with E-state index in [-0.39, 0.29) is 17.6 Å². The Labute approximate surface area is 171 Å². The van der Waals surface area contributed by atoms with Gasteiger partial charge in [0.2, 0.25) is 0 Å². The predicted molar refractivity (Wildman–Crippen MR) is 112 cm³/mol. The first-order chi connectivity index (χ1) is 13.7. The molecule has 1 atom stereocenters. The van der Waals surface area contributed by atoms with Gasteiger partial charge in [0, 0.05) is 24.7 Å². The number of rotatable bonds is 9. The summed E-state index contributed by atoms with van der Waals surface area (Å²) >= 11 is 0. The second kappa shape index (κ2) is 9.91. The van der Waals surface area contributed by atoms with E-state index in [1.165, 1.54) is 12.1 Å². The number of non-ortho nitro benzene ring substituents is 1. The molecule has 0 heterocycles. The van der Waals surface area contributed by atoms with Crippen LogP contribution < -0.4 is 9.47 Å². The minimum absolute atomic E-state index is 0.000449. The van der Waals surface area contributed by atoms with Gasteiger partial charge in [-0.1, -0.05) is 26.0 Å². The first-order valence-corrected chi connectivity index (χ1v) is 9.65. The van der Waals surface area contributed by atoms with Crippen LogP contribution in [0.3, 0.4) is 0 Å². The molecule has 0 aliphatic rings. The number of hydrogen-bond donors (Lipinski definition) is 0. The molecule has 0 bridgehead atoms. The molecule has 0 fully saturated rings. The van der Waals surface area contributed by atoms with E-state index >= 15 is 0 Å². The maximum Gasteiger partial charge on any atom is 0.269 e. The summed E-state index contributed by atoms with van der Waals surface area (Å²) < 4.78 is 11.4. The van der Waals surface area contributed by atoms with E-state index in [9.17, 15) is 14.9 Å². The molecule has 0 N–H and O–H groups in total. The number of nitro groups is 1. The second-order valence-electron chi connectivity index (χ2n) is 7.24. The van der Waals surface area contributed by atoms with E-state index in [0.717, 1.165) is 0 Å². The van der Waals surface area contributed by atoms with Crippen molar-refractivity contribution < 1.29 is 19.2 Å². The molecule has 1 amide bonds. The highest BCUT2D eigenvalue weighted by Crippen LogP contribution is 2.31. The van der Waals surface area contributed by atoms with Crippen molar-refractivity contribution in [3.05, 3.63) is 63.7 Å². The Kier molecular flexibility index (Phi) is 7.59. The van der Waals surface area contributed by atoms with E-state index < -0.39 is 4.92 Å². The van der Waals surface area contributed by atoms with Crippen molar-refractivity contribution in [1.29, 1.82) is 0 Å². The summed E-state index contributed by atoms with van der Waals surface area (Å²) in [6.45, 7) is 8.83. The molecule has 0 unspecified atom stereocenters. The Balaban J connectivity index is 2.24. The van der Waals surface area contributed by atoms with E-state index in [0.29, 0.717) is 41.8 Å². The van der Waals surface area contributed by atoms with Gasteiger partial charge in [-0.15, -0.1) is 0 Å². The largest absolute Gasteiger partial charge is 0.490 e. The lowest BCUT2D eigenvalue weighted by Gasteiger charge is -2.26. The molecule has 156 valence electrons. The van der Waals surface area contributed by atoms with Gasteiger partial charge in [0.1, 0.15) is 0 Å². The molecule has 7 nitrogen and oxygen atoms in total. The van der Waals surface area contributed by atoms with Crippen LogP contribution in [0.2, 0.25) is 0 Å². The average Bonchev–Trinajstić information content (AvgIpc) is 2.71. The Morgan fingerprint density at radius 2 is 1.83 bits per heavy atom. The Hall–Kier alpha value is -3.09. The zero-order valence-electron chi connectivity index (χ0n) is 17.5. The fraction of sp³-hybridized carbons (Fsp3) is 0.409. The van der Waals surface area contributed by atoms with Gasteiger partial charge >= 0.3 is 0 Å². The minimum atomic E-state index is -0.442. The lowest BCUT2D eigenvalue weighted by molar-refractivity contribution is -0.384. The number of hydrogen-bond acceptors (Lipinski definition) is 5. The SMILES string of the molecule is CCOc1cc(C(=O)N(C)[C@H](C)c2cccc([N+](=O)[O-])c2)ccc1OCC(C)C. The third kappa shape index (κ3) is 5.70. The van der Waals surface area contributed by atoms with Crippen LogP contribution in [-0.4, -0.2) is 36.0 Å². The molecular formula is C22H28N2O5. The highest BCUT2D eigenvalue weighted by molar-refractivity contribution is 5.95.